The maximum Gasteiger partial charge on any atom is 0.253 e. The molecule has 0 aromatic heterocycles. The molecule has 0 spiro atoms. The molecule has 0 atom stereocenters. The molecule has 0 radical (unpaired) electrons. The molecule has 0 aliphatic carbocycles. The van der Waals surface area contributed by atoms with E-state index < -0.39 is 0 Å². The summed E-state index contributed by atoms with van der Waals surface area (Å²) in [5.74, 6) is 0.970. The van der Waals surface area contributed by atoms with Crippen molar-refractivity contribution in [1.29, 1.82) is 0 Å². The summed E-state index contributed by atoms with van der Waals surface area (Å²) >= 11 is 0. The number of ether oxygens (including phenoxy) is 2. The van der Waals surface area contributed by atoms with Gasteiger partial charge in [-0.2, -0.15) is 0 Å². The van der Waals surface area contributed by atoms with Crippen LogP contribution in [0.3, 0.4) is 0 Å². The van der Waals surface area contributed by atoms with Crippen molar-refractivity contribution in [2.24, 2.45) is 0 Å². The maximum absolute atomic E-state index is 12.9. The van der Waals surface area contributed by atoms with Gasteiger partial charge in [0.25, 0.3) is 5.91 Å². The number of rotatable bonds is 7. The molecule has 3 rings (SSSR count). The molecule has 6 heteroatoms. The van der Waals surface area contributed by atoms with Gasteiger partial charge in [-0.1, -0.05) is 24.3 Å². The molecule has 1 aliphatic rings. The average Bonchev–Trinajstić information content (AvgIpc) is 3.04. The zero-order valence-corrected chi connectivity index (χ0v) is 17.8. The van der Waals surface area contributed by atoms with Gasteiger partial charge in [0, 0.05) is 45.3 Å². The van der Waals surface area contributed by atoms with Gasteiger partial charge < -0.3 is 19.3 Å². The second-order valence-corrected chi connectivity index (χ2v) is 7.51. The molecular weight excluding hydrogens is 380 g/mol. The molecule has 1 heterocycles. The van der Waals surface area contributed by atoms with Crippen LogP contribution < -0.4 is 4.74 Å². The average molecular weight is 411 g/mol. The molecular formula is C24H30N2O4. The summed E-state index contributed by atoms with van der Waals surface area (Å²) in [5.41, 5.74) is 2.77. The molecule has 2 amide bonds. The van der Waals surface area contributed by atoms with Gasteiger partial charge >= 0.3 is 0 Å². The Hall–Kier alpha value is -2.86. The number of carbonyl (C=O) groups is 2. The first-order chi connectivity index (χ1) is 14.6. The van der Waals surface area contributed by atoms with Gasteiger partial charge in [-0.15, -0.1) is 0 Å². The summed E-state index contributed by atoms with van der Waals surface area (Å²) in [5, 5.41) is 0. The standard InChI is InChI=1S/C24H30N2O4/c1-29-18-20-5-3-6-21(17-20)24(28)26-14-4-13-25(15-16-26)23(27)12-9-19-7-10-22(30-2)11-8-19/h3,5-8,10-11,17H,4,9,12-16,18H2,1-2H3. The number of carbonyl (C=O) groups excluding carboxylic acids is 2. The van der Waals surface area contributed by atoms with Crippen LogP contribution in [0.4, 0.5) is 0 Å². The third-order valence-corrected chi connectivity index (χ3v) is 5.41. The lowest BCUT2D eigenvalue weighted by molar-refractivity contribution is -0.131. The van der Waals surface area contributed by atoms with Crippen LogP contribution in [0, 0.1) is 0 Å². The highest BCUT2D eigenvalue weighted by atomic mass is 16.5. The first-order valence-corrected chi connectivity index (χ1v) is 10.4. The molecule has 160 valence electrons. The molecule has 0 unspecified atom stereocenters. The highest BCUT2D eigenvalue weighted by Gasteiger charge is 2.22. The minimum absolute atomic E-state index is 0.0143. The van der Waals surface area contributed by atoms with Gasteiger partial charge in [0.2, 0.25) is 5.91 Å². The Labute approximate surface area is 178 Å². The number of hydrogen-bond acceptors (Lipinski definition) is 4. The van der Waals surface area contributed by atoms with E-state index in [1.807, 2.05) is 58.3 Å². The van der Waals surface area contributed by atoms with E-state index in [1.54, 1.807) is 14.2 Å². The van der Waals surface area contributed by atoms with Crippen LogP contribution in [0.15, 0.2) is 48.5 Å². The summed E-state index contributed by atoms with van der Waals surface area (Å²) in [6, 6.07) is 15.4. The van der Waals surface area contributed by atoms with Crippen molar-refractivity contribution < 1.29 is 19.1 Å². The Kier molecular flexibility index (Phi) is 7.85. The van der Waals surface area contributed by atoms with Gasteiger partial charge in [-0.05, 0) is 48.2 Å². The van der Waals surface area contributed by atoms with Crippen LogP contribution >= 0.6 is 0 Å². The molecule has 6 nitrogen and oxygen atoms in total. The predicted molar refractivity (Wildman–Crippen MR) is 116 cm³/mol. The number of amides is 2. The summed E-state index contributed by atoms with van der Waals surface area (Å²) < 4.78 is 10.3. The molecule has 0 bridgehead atoms. The molecule has 30 heavy (non-hydrogen) atoms. The largest absolute Gasteiger partial charge is 0.497 e. The van der Waals surface area contributed by atoms with Gasteiger partial charge in [0.1, 0.15) is 5.75 Å². The van der Waals surface area contributed by atoms with Crippen molar-refractivity contribution >= 4 is 11.8 Å². The van der Waals surface area contributed by atoms with Crippen molar-refractivity contribution in [3.8, 4) is 5.75 Å². The van der Waals surface area contributed by atoms with Crippen LogP contribution in [0.2, 0.25) is 0 Å². The smallest absolute Gasteiger partial charge is 0.253 e. The zero-order chi connectivity index (χ0) is 21.3. The Morgan fingerprint density at radius 3 is 2.37 bits per heavy atom. The molecule has 1 aliphatic heterocycles. The predicted octanol–water partition coefficient (Wildman–Crippen LogP) is 3.15. The van der Waals surface area contributed by atoms with E-state index in [0.29, 0.717) is 51.2 Å². The fourth-order valence-corrected chi connectivity index (χ4v) is 3.71. The van der Waals surface area contributed by atoms with Crippen molar-refractivity contribution in [1.82, 2.24) is 9.80 Å². The van der Waals surface area contributed by atoms with Gasteiger partial charge in [-0.25, -0.2) is 0 Å². The van der Waals surface area contributed by atoms with Crippen LogP contribution in [-0.4, -0.2) is 62.0 Å². The van der Waals surface area contributed by atoms with Gasteiger partial charge in [0.15, 0.2) is 0 Å². The quantitative estimate of drug-likeness (QED) is 0.704. The van der Waals surface area contributed by atoms with E-state index in [1.165, 1.54) is 0 Å². The van der Waals surface area contributed by atoms with Crippen molar-refractivity contribution in [2.45, 2.75) is 25.9 Å². The monoisotopic (exact) mass is 410 g/mol. The maximum atomic E-state index is 12.9. The highest BCUT2D eigenvalue weighted by Crippen LogP contribution is 2.15. The Balaban J connectivity index is 1.52. The fraction of sp³-hybridized carbons (Fsp3) is 0.417. The van der Waals surface area contributed by atoms with E-state index in [4.69, 9.17) is 9.47 Å². The molecule has 0 saturated carbocycles. The number of hydrogen-bond donors (Lipinski definition) is 0. The molecule has 2 aromatic rings. The van der Waals surface area contributed by atoms with E-state index in [-0.39, 0.29) is 11.8 Å². The number of aryl methyl sites for hydroxylation is 1. The Morgan fingerprint density at radius 1 is 0.900 bits per heavy atom. The molecule has 2 aromatic carbocycles. The van der Waals surface area contributed by atoms with Crippen LogP contribution in [0.25, 0.3) is 0 Å². The zero-order valence-electron chi connectivity index (χ0n) is 17.8. The third kappa shape index (κ3) is 5.83. The van der Waals surface area contributed by atoms with E-state index >= 15 is 0 Å². The lowest BCUT2D eigenvalue weighted by Gasteiger charge is -2.22. The van der Waals surface area contributed by atoms with E-state index in [0.717, 1.165) is 23.3 Å². The first kappa shape index (κ1) is 21.8. The third-order valence-electron chi connectivity index (χ3n) is 5.41. The Bertz CT molecular complexity index is 851. The van der Waals surface area contributed by atoms with E-state index in [2.05, 4.69) is 0 Å². The lowest BCUT2D eigenvalue weighted by Crippen LogP contribution is -2.37. The number of methoxy groups -OCH3 is 2. The second kappa shape index (κ2) is 10.8. The van der Waals surface area contributed by atoms with Crippen LogP contribution in [-0.2, 0) is 22.6 Å². The van der Waals surface area contributed by atoms with Gasteiger partial charge in [0.05, 0.1) is 13.7 Å². The topological polar surface area (TPSA) is 59.1 Å². The lowest BCUT2D eigenvalue weighted by atomic mass is 10.1. The summed E-state index contributed by atoms with van der Waals surface area (Å²) in [6.07, 6.45) is 1.96. The van der Waals surface area contributed by atoms with Crippen molar-refractivity contribution in [3.63, 3.8) is 0 Å². The first-order valence-electron chi connectivity index (χ1n) is 10.4. The summed E-state index contributed by atoms with van der Waals surface area (Å²) in [4.78, 5) is 29.4. The number of nitrogens with zero attached hydrogens (tertiary/aromatic N) is 2. The van der Waals surface area contributed by atoms with Crippen molar-refractivity contribution in [3.05, 3.63) is 65.2 Å². The summed E-state index contributed by atoms with van der Waals surface area (Å²) in [6.45, 7) is 2.97. The van der Waals surface area contributed by atoms with Crippen molar-refractivity contribution in [2.75, 3.05) is 40.4 Å². The Morgan fingerprint density at radius 2 is 1.63 bits per heavy atom. The summed E-state index contributed by atoms with van der Waals surface area (Å²) in [7, 11) is 3.28. The minimum Gasteiger partial charge on any atom is -0.497 e. The van der Waals surface area contributed by atoms with Crippen LogP contribution in [0.5, 0.6) is 5.75 Å². The molecule has 1 saturated heterocycles. The SMILES string of the molecule is COCc1cccc(C(=O)N2CCCN(C(=O)CCc3ccc(OC)cc3)CC2)c1. The van der Waals surface area contributed by atoms with Crippen LogP contribution in [0.1, 0.15) is 34.3 Å². The fourth-order valence-electron chi connectivity index (χ4n) is 3.71. The second-order valence-electron chi connectivity index (χ2n) is 7.51. The normalized spacial score (nSPS) is 14.3. The molecule has 0 N–H and O–H groups in total. The van der Waals surface area contributed by atoms with E-state index in [9.17, 15) is 9.59 Å². The van der Waals surface area contributed by atoms with Gasteiger partial charge in [-0.3, -0.25) is 9.59 Å². The number of benzene rings is 2. The minimum atomic E-state index is 0.0143. The molecule has 1 fully saturated rings. The highest BCUT2D eigenvalue weighted by molar-refractivity contribution is 5.94.